The Morgan fingerprint density at radius 2 is 1.81 bits per heavy atom. The third-order valence-corrected chi connectivity index (χ3v) is 12.0. The van der Waals surface area contributed by atoms with E-state index >= 15 is 0 Å². The number of imidazole rings is 1. The summed E-state index contributed by atoms with van der Waals surface area (Å²) in [6.07, 6.45) is -2.16. The Hall–Kier alpha value is -2.89. The number of nitrogens with zero attached hydrogens (tertiary/aromatic N) is 7. The minimum absolute atomic E-state index is 0.0691. The molecule has 1 N–H and O–H groups in total. The van der Waals surface area contributed by atoms with Gasteiger partial charge in [0.05, 0.1) is 41.9 Å². The molecular formula is C23H27F3N8O5S3. The van der Waals surface area contributed by atoms with Crippen LogP contribution in [0.1, 0.15) is 32.7 Å². The quantitative estimate of drug-likeness (QED) is 0.401. The molecule has 0 saturated carbocycles. The van der Waals surface area contributed by atoms with Crippen molar-refractivity contribution in [1.29, 1.82) is 5.26 Å². The van der Waals surface area contributed by atoms with E-state index in [-0.39, 0.29) is 53.4 Å². The number of aromatic nitrogens is 4. The van der Waals surface area contributed by atoms with E-state index in [9.17, 15) is 35.3 Å². The maximum atomic E-state index is 13.5. The summed E-state index contributed by atoms with van der Waals surface area (Å²) >= 11 is 0.258. The molecule has 2 atom stereocenters. The standard InChI is InChI=1S/C23H27F3N8O5S3/c1-13(2)42(37,38)34-14(3)7-32(8-15(34)4)17-5-16(41(35,36)31-22(10-27)11-39-12-22)9-33-18(17)6-28-19(33)20-29-30-21(40-20)23(24,25)26/h5-6,9,13-15,31H,7-8,11-12H2,1-4H3/t14-,15-/m0/s1. The molecule has 0 amide bonds. The second-order valence-electron chi connectivity index (χ2n) is 10.6. The number of nitriles is 1. The van der Waals surface area contributed by atoms with Gasteiger partial charge in [-0.25, -0.2) is 21.8 Å². The van der Waals surface area contributed by atoms with E-state index in [0.717, 1.165) is 0 Å². The van der Waals surface area contributed by atoms with Gasteiger partial charge in [-0.05, 0) is 33.8 Å². The van der Waals surface area contributed by atoms with Crippen LogP contribution in [-0.4, -0.2) is 89.9 Å². The van der Waals surface area contributed by atoms with Crippen LogP contribution in [-0.2, 0) is 31.0 Å². The number of anilines is 1. The molecule has 2 saturated heterocycles. The van der Waals surface area contributed by atoms with Gasteiger partial charge in [-0.15, -0.1) is 10.2 Å². The first-order valence-corrected chi connectivity index (χ1v) is 16.5. The van der Waals surface area contributed by atoms with Crippen LogP contribution in [0.5, 0.6) is 0 Å². The SMILES string of the molecule is CC(C)S(=O)(=O)N1[C@@H](C)CN(c2cc(S(=O)(=O)NC3(C#N)COC3)cn3c(-c4nnc(C(F)(F)F)s4)ncc23)C[C@@H]1C. The zero-order chi connectivity index (χ0) is 30.8. The highest BCUT2D eigenvalue weighted by atomic mass is 32.2. The van der Waals surface area contributed by atoms with Crippen molar-refractivity contribution in [2.45, 2.75) is 61.6 Å². The van der Waals surface area contributed by atoms with E-state index in [2.05, 4.69) is 19.9 Å². The summed E-state index contributed by atoms with van der Waals surface area (Å²) in [4.78, 5) is 5.78. The van der Waals surface area contributed by atoms with Crippen molar-refractivity contribution in [3.05, 3.63) is 23.5 Å². The fourth-order valence-corrected chi connectivity index (χ4v) is 8.69. The summed E-state index contributed by atoms with van der Waals surface area (Å²) in [5.74, 6) is -0.0691. The molecule has 0 unspecified atom stereocenters. The van der Waals surface area contributed by atoms with Gasteiger partial charge in [0.25, 0.3) is 0 Å². The molecule has 13 nitrogen and oxygen atoms in total. The lowest BCUT2D eigenvalue weighted by Crippen LogP contribution is -2.61. The van der Waals surface area contributed by atoms with Gasteiger partial charge in [0, 0.05) is 31.4 Å². The molecule has 2 aliphatic heterocycles. The highest BCUT2D eigenvalue weighted by Crippen LogP contribution is 2.37. The Morgan fingerprint density at radius 1 is 1.17 bits per heavy atom. The molecule has 0 radical (unpaired) electrons. The number of fused-ring (bicyclic) bond motifs is 1. The van der Waals surface area contributed by atoms with Gasteiger partial charge < -0.3 is 9.64 Å². The molecule has 0 aliphatic carbocycles. The zero-order valence-electron chi connectivity index (χ0n) is 22.8. The Bertz CT molecular complexity index is 1770. The molecular weight excluding hydrogens is 621 g/mol. The smallest absolute Gasteiger partial charge is 0.375 e. The summed E-state index contributed by atoms with van der Waals surface area (Å²) in [5, 5.41) is 14.4. The molecule has 0 spiro atoms. The van der Waals surface area contributed by atoms with E-state index in [1.54, 1.807) is 27.7 Å². The van der Waals surface area contributed by atoms with Gasteiger partial charge in [0.2, 0.25) is 25.1 Å². The van der Waals surface area contributed by atoms with E-state index in [1.165, 1.54) is 27.2 Å². The molecule has 2 fully saturated rings. The van der Waals surface area contributed by atoms with Gasteiger partial charge in [0.1, 0.15) is 4.90 Å². The molecule has 0 aromatic carbocycles. The molecule has 0 bridgehead atoms. The van der Waals surface area contributed by atoms with E-state index < -0.39 is 54.1 Å². The first kappa shape index (κ1) is 30.6. The minimum Gasteiger partial charge on any atom is -0.375 e. The van der Waals surface area contributed by atoms with E-state index in [1.807, 2.05) is 11.0 Å². The number of halogens is 3. The summed E-state index contributed by atoms with van der Waals surface area (Å²) in [7, 11) is -7.96. The Kier molecular flexibility index (Phi) is 7.55. The molecule has 228 valence electrons. The highest BCUT2D eigenvalue weighted by Gasteiger charge is 2.44. The second-order valence-corrected chi connectivity index (χ2v) is 15.7. The van der Waals surface area contributed by atoms with Gasteiger partial charge in [-0.1, -0.05) is 11.3 Å². The van der Waals surface area contributed by atoms with Crippen LogP contribution in [0.2, 0.25) is 0 Å². The number of alkyl halides is 3. The number of hydrogen-bond acceptors (Lipinski definition) is 11. The van der Waals surface area contributed by atoms with Gasteiger partial charge in [0.15, 0.2) is 16.4 Å². The normalized spacial score (nSPS) is 21.9. The van der Waals surface area contributed by atoms with Crippen molar-refractivity contribution in [3.8, 4) is 16.9 Å². The van der Waals surface area contributed by atoms with Crippen LogP contribution >= 0.6 is 11.3 Å². The summed E-state index contributed by atoms with van der Waals surface area (Å²) in [6.45, 7) is 6.76. The molecule has 3 aromatic rings. The maximum Gasteiger partial charge on any atom is 0.445 e. The summed E-state index contributed by atoms with van der Waals surface area (Å²) < 4.78 is 103. The molecule has 5 heterocycles. The van der Waals surface area contributed by atoms with E-state index in [4.69, 9.17) is 4.74 Å². The number of hydrogen-bond donors (Lipinski definition) is 1. The molecule has 3 aromatic heterocycles. The average molecular weight is 649 g/mol. The Balaban J connectivity index is 1.64. The molecule has 19 heteroatoms. The zero-order valence-corrected chi connectivity index (χ0v) is 25.3. The summed E-state index contributed by atoms with van der Waals surface area (Å²) in [6, 6.07) is 2.31. The van der Waals surface area contributed by atoms with Crippen molar-refractivity contribution in [1.82, 2.24) is 28.6 Å². The van der Waals surface area contributed by atoms with Gasteiger partial charge in [-0.2, -0.15) is 27.5 Å². The van der Waals surface area contributed by atoms with Crippen molar-refractivity contribution < 1.29 is 34.7 Å². The fraction of sp³-hybridized carbons (Fsp3) is 0.565. The van der Waals surface area contributed by atoms with Crippen LogP contribution in [0, 0.1) is 11.3 Å². The Labute approximate surface area is 244 Å². The highest BCUT2D eigenvalue weighted by molar-refractivity contribution is 7.90. The fourth-order valence-electron chi connectivity index (χ4n) is 5.06. The average Bonchev–Trinajstić information content (AvgIpc) is 3.52. The second kappa shape index (κ2) is 10.4. The van der Waals surface area contributed by atoms with Crippen LogP contribution in [0.4, 0.5) is 18.9 Å². The third-order valence-electron chi connectivity index (χ3n) is 7.07. The first-order valence-electron chi connectivity index (χ1n) is 12.7. The molecule has 42 heavy (non-hydrogen) atoms. The largest absolute Gasteiger partial charge is 0.445 e. The minimum atomic E-state index is -4.73. The predicted octanol–water partition coefficient (Wildman–Crippen LogP) is 2.08. The number of rotatable bonds is 7. The molecule has 5 rings (SSSR count). The molecule has 2 aliphatic rings. The lowest BCUT2D eigenvalue weighted by atomic mass is 10.0. The van der Waals surface area contributed by atoms with Crippen molar-refractivity contribution in [2.75, 3.05) is 31.2 Å². The van der Waals surface area contributed by atoms with Crippen molar-refractivity contribution in [2.24, 2.45) is 0 Å². The van der Waals surface area contributed by atoms with Crippen molar-refractivity contribution in [3.63, 3.8) is 0 Å². The monoisotopic (exact) mass is 648 g/mol. The number of piperazine rings is 1. The maximum absolute atomic E-state index is 13.5. The number of sulfonamides is 2. The Morgan fingerprint density at radius 3 is 2.31 bits per heavy atom. The van der Waals surface area contributed by atoms with Crippen LogP contribution in [0.3, 0.4) is 0 Å². The lowest BCUT2D eigenvalue weighted by Gasteiger charge is -2.45. The lowest BCUT2D eigenvalue weighted by molar-refractivity contribution is -0.138. The third kappa shape index (κ3) is 5.24. The van der Waals surface area contributed by atoms with Crippen molar-refractivity contribution >= 4 is 42.6 Å². The number of pyridine rings is 1. The predicted molar refractivity (Wildman–Crippen MR) is 146 cm³/mol. The topological polar surface area (TPSA) is 163 Å². The van der Waals surface area contributed by atoms with E-state index in [0.29, 0.717) is 11.2 Å². The van der Waals surface area contributed by atoms with Gasteiger partial charge >= 0.3 is 6.18 Å². The summed E-state index contributed by atoms with van der Waals surface area (Å²) in [5.41, 5.74) is -0.755. The van der Waals surface area contributed by atoms with Crippen LogP contribution < -0.4 is 9.62 Å². The number of nitrogens with one attached hydrogen (secondary N) is 1. The number of ether oxygens (including phenoxy) is 1. The first-order chi connectivity index (χ1) is 19.5. The van der Waals surface area contributed by atoms with Crippen LogP contribution in [0.15, 0.2) is 23.4 Å². The van der Waals surface area contributed by atoms with Gasteiger partial charge in [-0.3, -0.25) is 4.40 Å². The van der Waals surface area contributed by atoms with Crippen LogP contribution in [0.25, 0.3) is 16.3 Å².